The van der Waals surface area contributed by atoms with Crippen molar-refractivity contribution in [3.8, 4) is 0 Å². The standard InChI is InChI=1S/C16H24N2O2/c1-15-5-11-4-12(6-15)8-16(7-11,10-15)14(20)18-3-2-17-13(19)9-18/h11-12H,2-10H2,1H3,(H,17,19). The van der Waals surface area contributed by atoms with Crippen LogP contribution in [0.2, 0.25) is 0 Å². The van der Waals surface area contributed by atoms with Crippen LogP contribution in [0.5, 0.6) is 0 Å². The Labute approximate surface area is 120 Å². The van der Waals surface area contributed by atoms with Crippen molar-refractivity contribution in [2.75, 3.05) is 19.6 Å². The second-order valence-electron chi connectivity index (χ2n) is 8.13. The molecule has 2 atom stereocenters. The molecule has 2 amide bonds. The van der Waals surface area contributed by atoms with Crippen molar-refractivity contribution in [3.63, 3.8) is 0 Å². The number of nitrogens with zero attached hydrogens (tertiary/aromatic N) is 1. The quantitative estimate of drug-likeness (QED) is 0.790. The van der Waals surface area contributed by atoms with Gasteiger partial charge in [0.15, 0.2) is 0 Å². The molecule has 0 aromatic rings. The van der Waals surface area contributed by atoms with Crippen LogP contribution in [0, 0.1) is 22.7 Å². The summed E-state index contributed by atoms with van der Waals surface area (Å²) in [4.78, 5) is 26.5. The summed E-state index contributed by atoms with van der Waals surface area (Å²) >= 11 is 0. The first-order valence-electron chi connectivity index (χ1n) is 8.04. The monoisotopic (exact) mass is 276 g/mol. The van der Waals surface area contributed by atoms with Gasteiger partial charge in [0.1, 0.15) is 0 Å². The molecule has 1 heterocycles. The summed E-state index contributed by atoms with van der Waals surface area (Å²) in [6.45, 7) is 3.96. The van der Waals surface area contributed by atoms with Gasteiger partial charge in [-0.3, -0.25) is 9.59 Å². The third-order valence-electron chi connectivity index (χ3n) is 6.13. The number of nitrogens with one attached hydrogen (secondary N) is 1. The lowest BCUT2D eigenvalue weighted by Crippen LogP contribution is -2.60. The fourth-order valence-electron chi connectivity index (χ4n) is 6.12. The zero-order chi connectivity index (χ0) is 14.0. The van der Waals surface area contributed by atoms with E-state index >= 15 is 0 Å². The molecule has 1 aliphatic heterocycles. The molecule has 110 valence electrons. The van der Waals surface area contributed by atoms with E-state index in [2.05, 4.69) is 12.2 Å². The normalized spacial score (nSPS) is 46.5. The predicted molar refractivity (Wildman–Crippen MR) is 74.8 cm³/mol. The molecule has 5 fully saturated rings. The number of carbonyl (C=O) groups is 2. The Hall–Kier alpha value is -1.06. The summed E-state index contributed by atoms with van der Waals surface area (Å²) in [5.41, 5.74) is 0.258. The highest BCUT2D eigenvalue weighted by Crippen LogP contribution is 2.65. The minimum Gasteiger partial charge on any atom is -0.353 e. The van der Waals surface area contributed by atoms with E-state index in [4.69, 9.17) is 0 Å². The fourth-order valence-corrected chi connectivity index (χ4v) is 6.12. The summed E-state index contributed by atoms with van der Waals surface area (Å²) in [6.07, 6.45) is 7.19. The van der Waals surface area contributed by atoms with Crippen molar-refractivity contribution in [1.29, 1.82) is 0 Å². The summed E-state index contributed by atoms with van der Waals surface area (Å²) in [6, 6.07) is 0. The SMILES string of the molecule is CC12CC3CC(C1)CC(C(=O)N1CCNC(=O)C1)(C3)C2. The number of amides is 2. The average molecular weight is 276 g/mol. The lowest BCUT2D eigenvalue weighted by molar-refractivity contribution is -0.168. The van der Waals surface area contributed by atoms with Crippen LogP contribution in [-0.4, -0.2) is 36.3 Å². The maximum absolute atomic E-state index is 13.1. The van der Waals surface area contributed by atoms with Crippen molar-refractivity contribution >= 4 is 11.8 Å². The van der Waals surface area contributed by atoms with Gasteiger partial charge in [-0.05, 0) is 55.8 Å². The van der Waals surface area contributed by atoms with Crippen molar-refractivity contribution in [2.45, 2.75) is 45.4 Å². The van der Waals surface area contributed by atoms with E-state index in [1.807, 2.05) is 4.90 Å². The molecule has 4 saturated carbocycles. The smallest absolute Gasteiger partial charge is 0.239 e. The van der Waals surface area contributed by atoms with Crippen LogP contribution in [-0.2, 0) is 9.59 Å². The molecule has 4 heteroatoms. The molecule has 5 aliphatic rings. The van der Waals surface area contributed by atoms with E-state index in [0.29, 0.717) is 18.5 Å². The Balaban J connectivity index is 1.60. The lowest BCUT2D eigenvalue weighted by atomic mass is 9.44. The Morgan fingerprint density at radius 1 is 1.25 bits per heavy atom. The van der Waals surface area contributed by atoms with Gasteiger partial charge in [0.25, 0.3) is 0 Å². The van der Waals surface area contributed by atoms with Crippen LogP contribution in [0.15, 0.2) is 0 Å². The molecule has 0 spiro atoms. The number of hydrogen-bond acceptors (Lipinski definition) is 2. The van der Waals surface area contributed by atoms with Gasteiger partial charge in [0, 0.05) is 13.1 Å². The Bertz CT molecular complexity index is 459. The van der Waals surface area contributed by atoms with E-state index in [-0.39, 0.29) is 23.8 Å². The van der Waals surface area contributed by atoms with Crippen LogP contribution in [0.4, 0.5) is 0 Å². The van der Waals surface area contributed by atoms with E-state index in [9.17, 15) is 9.59 Å². The van der Waals surface area contributed by atoms with Gasteiger partial charge < -0.3 is 10.2 Å². The average Bonchev–Trinajstić information content (AvgIpc) is 2.35. The summed E-state index contributed by atoms with van der Waals surface area (Å²) < 4.78 is 0. The zero-order valence-electron chi connectivity index (χ0n) is 12.3. The van der Waals surface area contributed by atoms with Gasteiger partial charge in [-0.15, -0.1) is 0 Å². The summed E-state index contributed by atoms with van der Waals surface area (Å²) in [5.74, 6) is 1.79. The first kappa shape index (κ1) is 12.7. The van der Waals surface area contributed by atoms with Gasteiger partial charge in [0.05, 0.1) is 12.0 Å². The zero-order valence-corrected chi connectivity index (χ0v) is 12.3. The summed E-state index contributed by atoms with van der Waals surface area (Å²) in [7, 11) is 0. The van der Waals surface area contributed by atoms with Crippen molar-refractivity contribution in [3.05, 3.63) is 0 Å². The number of rotatable bonds is 1. The highest BCUT2D eigenvalue weighted by Gasteiger charge is 2.59. The molecule has 2 unspecified atom stereocenters. The third kappa shape index (κ3) is 1.80. The third-order valence-corrected chi connectivity index (χ3v) is 6.13. The fraction of sp³-hybridized carbons (Fsp3) is 0.875. The molecule has 4 bridgehead atoms. The minimum atomic E-state index is -0.129. The molecule has 5 rings (SSSR count). The number of piperazine rings is 1. The first-order chi connectivity index (χ1) is 9.48. The number of carbonyl (C=O) groups excluding carboxylic acids is 2. The first-order valence-corrected chi connectivity index (χ1v) is 8.04. The van der Waals surface area contributed by atoms with E-state index in [1.54, 1.807) is 0 Å². The van der Waals surface area contributed by atoms with Gasteiger partial charge in [0.2, 0.25) is 11.8 Å². The lowest BCUT2D eigenvalue weighted by Gasteiger charge is -2.61. The maximum atomic E-state index is 13.1. The number of hydrogen-bond donors (Lipinski definition) is 1. The van der Waals surface area contributed by atoms with Gasteiger partial charge in [-0.1, -0.05) is 6.92 Å². The summed E-state index contributed by atoms with van der Waals surface area (Å²) in [5, 5.41) is 2.82. The highest BCUT2D eigenvalue weighted by molar-refractivity contribution is 5.89. The molecule has 1 N–H and O–H groups in total. The molecule has 4 aliphatic carbocycles. The molecular formula is C16H24N2O2. The topological polar surface area (TPSA) is 49.4 Å². The Morgan fingerprint density at radius 2 is 1.95 bits per heavy atom. The molecular weight excluding hydrogens is 252 g/mol. The minimum absolute atomic E-state index is 0.000500. The Kier molecular flexibility index (Phi) is 2.52. The van der Waals surface area contributed by atoms with Crippen LogP contribution in [0.3, 0.4) is 0 Å². The second kappa shape index (κ2) is 3.99. The van der Waals surface area contributed by atoms with Crippen LogP contribution >= 0.6 is 0 Å². The van der Waals surface area contributed by atoms with Gasteiger partial charge in [-0.2, -0.15) is 0 Å². The van der Waals surface area contributed by atoms with Crippen molar-refractivity contribution in [2.24, 2.45) is 22.7 Å². The van der Waals surface area contributed by atoms with Gasteiger partial charge >= 0.3 is 0 Å². The molecule has 0 aromatic heterocycles. The predicted octanol–water partition coefficient (Wildman–Crippen LogP) is 1.55. The second-order valence-corrected chi connectivity index (χ2v) is 8.13. The van der Waals surface area contributed by atoms with Crippen LogP contribution in [0.1, 0.15) is 45.4 Å². The van der Waals surface area contributed by atoms with Gasteiger partial charge in [-0.25, -0.2) is 0 Å². The molecule has 4 nitrogen and oxygen atoms in total. The largest absolute Gasteiger partial charge is 0.353 e. The van der Waals surface area contributed by atoms with Crippen LogP contribution < -0.4 is 5.32 Å². The molecule has 1 saturated heterocycles. The van der Waals surface area contributed by atoms with Crippen LogP contribution in [0.25, 0.3) is 0 Å². The highest BCUT2D eigenvalue weighted by atomic mass is 16.2. The van der Waals surface area contributed by atoms with Crippen molar-refractivity contribution in [1.82, 2.24) is 10.2 Å². The van der Waals surface area contributed by atoms with E-state index < -0.39 is 0 Å². The van der Waals surface area contributed by atoms with E-state index in [0.717, 1.165) is 31.1 Å². The Morgan fingerprint density at radius 3 is 2.55 bits per heavy atom. The maximum Gasteiger partial charge on any atom is 0.239 e. The van der Waals surface area contributed by atoms with Crippen molar-refractivity contribution < 1.29 is 9.59 Å². The molecule has 0 aromatic carbocycles. The molecule has 0 radical (unpaired) electrons. The molecule has 20 heavy (non-hydrogen) atoms. The van der Waals surface area contributed by atoms with E-state index in [1.165, 1.54) is 19.3 Å².